The molecule has 1 rings (SSSR count). The van der Waals surface area contributed by atoms with Crippen LogP contribution in [0.15, 0.2) is 0 Å². The first-order chi connectivity index (χ1) is 8.21. The van der Waals surface area contributed by atoms with E-state index in [4.69, 9.17) is 16.9 Å². The number of aromatic nitrogens is 1. The minimum Gasteiger partial charge on any atom is -0.360 e. The van der Waals surface area contributed by atoms with Crippen molar-refractivity contribution in [1.82, 2.24) is 9.88 Å². The predicted molar refractivity (Wildman–Crippen MR) is 72.7 cm³/mol. The van der Waals surface area contributed by atoms with Crippen molar-refractivity contribution < 1.29 is 0 Å². The first-order valence-electron chi connectivity index (χ1n) is 5.73. The Hall–Kier alpha value is -0.830. The normalized spacial score (nSPS) is 10.5. The molecule has 0 aromatic carbocycles. The molecular weight excluding hydrogens is 256 g/mol. The Kier molecular flexibility index (Phi) is 6.27. The summed E-state index contributed by atoms with van der Waals surface area (Å²) >= 11 is 7.09. The van der Waals surface area contributed by atoms with Gasteiger partial charge in [-0.1, -0.05) is 36.8 Å². The first kappa shape index (κ1) is 14.2. The summed E-state index contributed by atoms with van der Waals surface area (Å²) in [5.41, 5.74) is 0. The van der Waals surface area contributed by atoms with Gasteiger partial charge in [-0.25, -0.2) is 4.98 Å². The summed E-state index contributed by atoms with van der Waals surface area (Å²) < 4.78 is 0. The lowest BCUT2D eigenvalue weighted by Gasteiger charge is -2.19. The van der Waals surface area contributed by atoms with E-state index in [9.17, 15) is 0 Å². The molecule has 0 saturated carbocycles. The molecule has 0 aliphatic heterocycles. The lowest BCUT2D eigenvalue weighted by atomic mass is 10.4. The summed E-state index contributed by atoms with van der Waals surface area (Å²) in [4.78, 5) is 6.92. The number of rotatable bonds is 7. The van der Waals surface area contributed by atoms with Crippen molar-refractivity contribution in [3.8, 4) is 6.07 Å². The van der Waals surface area contributed by atoms with Crippen molar-refractivity contribution in [2.45, 2.75) is 20.3 Å². The summed E-state index contributed by atoms with van der Waals surface area (Å²) in [5.74, 6) is 0. The second-order valence-electron chi connectivity index (χ2n) is 3.61. The molecule has 6 heteroatoms. The van der Waals surface area contributed by atoms with E-state index in [0.717, 1.165) is 37.7 Å². The van der Waals surface area contributed by atoms with Gasteiger partial charge in [0.05, 0.1) is 0 Å². The van der Waals surface area contributed by atoms with E-state index in [1.165, 1.54) is 11.3 Å². The van der Waals surface area contributed by atoms with Crippen molar-refractivity contribution in [1.29, 1.82) is 5.26 Å². The first-order valence-corrected chi connectivity index (χ1v) is 6.93. The highest BCUT2D eigenvalue weighted by atomic mass is 35.5. The fraction of sp³-hybridized carbons (Fsp3) is 0.636. The molecule has 4 nitrogen and oxygen atoms in total. The van der Waals surface area contributed by atoms with Gasteiger partial charge in [0.15, 0.2) is 10.3 Å². The molecule has 0 aliphatic carbocycles. The van der Waals surface area contributed by atoms with Crippen molar-refractivity contribution in [3.63, 3.8) is 0 Å². The van der Waals surface area contributed by atoms with Crippen LogP contribution in [0.1, 0.15) is 25.1 Å². The van der Waals surface area contributed by atoms with E-state index >= 15 is 0 Å². The zero-order chi connectivity index (χ0) is 12.7. The van der Waals surface area contributed by atoms with Crippen LogP contribution in [0, 0.1) is 11.3 Å². The molecule has 0 aliphatic rings. The third kappa shape index (κ3) is 4.50. The van der Waals surface area contributed by atoms with Gasteiger partial charge in [-0.05, 0) is 19.5 Å². The van der Waals surface area contributed by atoms with Crippen LogP contribution in [0.4, 0.5) is 5.13 Å². The molecule has 1 N–H and O–H groups in total. The lowest BCUT2D eigenvalue weighted by Crippen LogP contribution is -2.29. The molecule has 1 heterocycles. The van der Waals surface area contributed by atoms with Gasteiger partial charge in [-0.3, -0.25) is 0 Å². The Balaban J connectivity index is 2.37. The molecule has 1 aromatic rings. The number of halogens is 1. The molecule has 94 valence electrons. The number of thiazole rings is 1. The molecule has 0 fully saturated rings. The Morgan fingerprint density at radius 1 is 1.47 bits per heavy atom. The van der Waals surface area contributed by atoms with Gasteiger partial charge in [0.2, 0.25) is 0 Å². The average Bonchev–Trinajstić information content (AvgIpc) is 2.68. The van der Waals surface area contributed by atoms with Gasteiger partial charge in [0.1, 0.15) is 10.9 Å². The zero-order valence-corrected chi connectivity index (χ0v) is 11.7. The fourth-order valence-electron chi connectivity index (χ4n) is 1.51. The Labute approximate surface area is 111 Å². The second kappa shape index (κ2) is 7.49. The molecular formula is C11H17ClN4S. The van der Waals surface area contributed by atoms with E-state index in [2.05, 4.69) is 29.0 Å². The van der Waals surface area contributed by atoms with Gasteiger partial charge in [0.25, 0.3) is 0 Å². The van der Waals surface area contributed by atoms with Gasteiger partial charge in [-0.2, -0.15) is 5.26 Å². The quantitative estimate of drug-likeness (QED) is 0.829. The maximum Gasteiger partial charge on any atom is 0.185 e. The number of anilines is 1. The van der Waals surface area contributed by atoms with Gasteiger partial charge >= 0.3 is 0 Å². The number of nitriles is 1. The summed E-state index contributed by atoms with van der Waals surface area (Å²) in [5, 5.41) is 13.0. The van der Waals surface area contributed by atoms with E-state index in [-0.39, 0.29) is 0 Å². The molecule has 17 heavy (non-hydrogen) atoms. The summed E-state index contributed by atoms with van der Waals surface area (Å²) in [7, 11) is 0. The summed E-state index contributed by atoms with van der Waals surface area (Å²) in [6.07, 6.45) is 1.16. The summed E-state index contributed by atoms with van der Waals surface area (Å²) in [6, 6.07) is 2.02. The SMILES string of the molecule is CCCN(CC)CCNc1nc(Cl)c(C#N)s1. The van der Waals surface area contributed by atoms with Crippen molar-refractivity contribution in [3.05, 3.63) is 10.0 Å². The fourth-order valence-corrected chi connectivity index (χ4v) is 2.48. The monoisotopic (exact) mass is 272 g/mol. The second-order valence-corrected chi connectivity index (χ2v) is 4.97. The third-order valence-corrected chi connectivity index (χ3v) is 3.68. The molecule has 0 atom stereocenters. The van der Waals surface area contributed by atoms with E-state index in [1.807, 2.05) is 6.07 Å². The van der Waals surface area contributed by atoms with Crippen LogP contribution >= 0.6 is 22.9 Å². The maximum absolute atomic E-state index is 8.75. The van der Waals surface area contributed by atoms with E-state index < -0.39 is 0 Å². The topological polar surface area (TPSA) is 52.0 Å². The van der Waals surface area contributed by atoms with Crippen LogP contribution in [-0.4, -0.2) is 36.1 Å². The van der Waals surface area contributed by atoms with E-state index in [1.54, 1.807) is 0 Å². The van der Waals surface area contributed by atoms with Crippen LogP contribution < -0.4 is 5.32 Å². The lowest BCUT2D eigenvalue weighted by molar-refractivity contribution is 0.300. The maximum atomic E-state index is 8.75. The standard InChI is InChI=1S/C11H17ClN4S/c1-3-6-16(4-2)7-5-14-11-15-10(12)9(8-13)17-11/h3-7H2,1-2H3,(H,14,15). The highest BCUT2D eigenvalue weighted by Gasteiger charge is 2.08. The van der Waals surface area contributed by atoms with Gasteiger partial charge in [0, 0.05) is 13.1 Å². The molecule has 1 aromatic heterocycles. The van der Waals surface area contributed by atoms with Crippen LogP contribution in [0.25, 0.3) is 0 Å². The predicted octanol–water partition coefficient (Wildman–Crippen LogP) is 2.81. The highest BCUT2D eigenvalue weighted by Crippen LogP contribution is 2.25. The number of nitrogens with one attached hydrogen (secondary N) is 1. The zero-order valence-electron chi connectivity index (χ0n) is 10.2. The Bertz CT molecular complexity index is 385. The molecule has 0 saturated heterocycles. The number of nitrogens with zero attached hydrogens (tertiary/aromatic N) is 3. The largest absolute Gasteiger partial charge is 0.360 e. The molecule has 0 bridgehead atoms. The molecule has 0 radical (unpaired) electrons. The van der Waals surface area contributed by atoms with Crippen LogP contribution in [0.2, 0.25) is 5.15 Å². The molecule has 0 amide bonds. The minimum atomic E-state index is 0.293. The minimum absolute atomic E-state index is 0.293. The van der Waals surface area contributed by atoms with Gasteiger partial charge in [-0.15, -0.1) is 0 Å². The summed E-state index contributed by atoms with van der Waals surface area (Å²) in [6.45, 7) is 8.30. The molecule has 0 unspecified atom stereocenters. The van der Waals surface area contributed by atoms with Crippen LogP contribution in [0.3, 0.4) is 0 Å². The number of likely N-dealkylation sites (N-methyl/N-ethyl adjacent to an activating group) is 1. The van der Waals surface area contributed by atoms with Crippen molar-refractivity contribution >= 4 is 28.1 Å². The number of hydrogen-bond donors (Lipinski definition) is 1. The molecule has 0 spiro atoms. The van der Waals surface area contributed by atoms with Crippen molar-refractivity contribution in [2.75, 3.05) is 31.5 Å². The van der Waals surface area contributed by atoms with E-state index in [0.29, 0.717) is 10.0 Å². The Morgan fingerprint density at radius 3 is 2.76 bits per heavy atom. The third-order valence-electron chi connectivity index (χ3n) is 2.38. The van der Waals surface area contributed by atoms with Gasteiger partial charge < -0.3 is 10.2 Å². The smallest absolute Gasteiger partial charge is 0.185 e. The van der Waals surface area contributed by atoms with Crippen molar-refractivity contribution in [2.24, 2.45) is 0 Å². The number of hydrogen-bond acceptors (Lipinski definition) is 5. The highest BCUT2D eigenvalue weighted by molar-refractivity contribution is 7.16. The Morgan fingerprint density at radius 2 is 2.24 bits per heavy atom. The van der Waals surface area contributed by atoms with Crippen LogP contribution in [-0.2, 0) is 0 Å². The average molecular weight is 273 g/mol. The van der Waals surface area contributed by atoms with Crippen LogP contribution in [0.5, 0.6) is 0 Å².